The molecule has 0 spiro atoms. The fourth-order valence-corrected chi connectivity index (χ4v) is 2.57. The van der Waals surface area contributed by atoms with E-state index in [1.807, 2.05) is 5.32 Å². The fraction of sp³-hybridized carbons (Fsp3) is 0.273. The second-order valence-electron chi connectivity index (χ2n) is 8.05. The minimum atomic E-state index is -2.10. The zero-order valence-electron chi connectivity index (χ0n) is 18.3. The summed E-state index contributed by atoms with van der Waals surface area (Å²) in [6.07, 6.45) is 0. The van der Waals surface area contributed by atoms with E-state index < -0.39 is 74.8 Å². The molecular formula is C22H20F4N2O5. The van der Waals surface area contributed by atoms with Crippen molar-refractivity contribution in [1.82, 2.24) is 0 Å². The lowest BCUT2D eigenvalue weighted by Crippen LogP contribution is -2.29. The first kappa shape index (κ1) is 25.5. The van der Waals surface area contributed by atoms with Crippen LogP contribution in [0.15, 0.2) is 18.2 Å². The molecule has 0 heterocycles. The van der Waals surface area contributed by atoms with E-state index in [-0.39, 0.29) is 5.69 Å². The van der Waals surface area contributed by atoms with Crippen molar-refractivity contribution in [2.24, 2.45) is 5.41 Å². The first-order valence-corrected chi connectivity index (χ1v) is 9.47. The van der Waals surface area contributed by atoms with Crippen molar-refractivity contribution in [3.05, 3.63) is 52.6 Å². The molecule has 2 N–H and O–H groups in total. The van der Waals surface area contributed by atoms with Crippen molar-refractivity contribution < 1.29 is 41.5 Å². The second kappa shape index (κ2) is 9.39. The summed E-state index contributed by atoms with van der Waals surface area (Å²) in [5.41, 5.74) is -3.77. The molecule has 33 heavy (non-hydrogen) atoms. The van der Waals surface area contributed by atoms with Gasteiger partial charge in [-0.1, -0.05) is 20.8 Å². The van der Waals surface area contributed by atoms with Gasteiger partial charge < -0.3 is 15.4 Å². The Morgan fingerprint density at radius 2 is 1.48 bits per heavy atom. The first-order valence-electron chi connectivity index (χ1n) is 9.47. The topological polar surface area (TPSA) is 102 Å². The van der Waals surface area contributed by atoms with Gasteiger partial charge in [-0.25, -0.2) is 18.0 Å². The monoisotopic (exact) mass is 468 g/mol. The van der Waals surface area contributed by atoms with Crippen LogP contribution in [0.3, 0.4) is 0 Å². The van der Waals surface area contributed by atoms with E-state index in [9.17, 15) is 36.7 Å². The molecule has 2 rings (SSSR count). The van der Waals surface area contributed by atoms with E-state index in [4.69, 9.17) is 4.74 Å². The maximum Gasteiger partial charge on any atom is 0.343 e. The van der Waals surface area contributed by atoms with Crippen molar-refractivity contribution in [3.63, 3.8) is 0 Å². The minimum Gasteiger partial charge on any atom is -0.419 e. The third-order valence-corrected chi connectivity index (χ3v) is 4.26. The molecule has 0 saturated carbocycles. The third-order valence-electron chi connectivity index (χ3n) is 4.26. The SMILES string of the molecule is CC(=O)Nc1ccc(C(=O)Oc2c(F)c(F)c(F)c(NC(=O)C(C)(C)C)c2C(C)=O)cc1F. The Morgan fingerprint density at radius 3 is 1.97 bits per heavy atom. The van der Waals surface area contributed by atoms with Crippen LogP contribution in [0.25, 0.3) is 0 Å². The molecular weight excluding hydrogens is 448 g/mol. The largest absolute Gasteiger partial charge is 0.419 e. The summed E-state index contributed by atoms with van der Waals surface area (Å²) in [7, 11) is 0. The summed E-state index contributed by atoms with van der Waals surface area (Å²) < 4.78 is 62.1. The zero-order valence-corrected chi connectivity index (χ0v) is 18.3. The molecule has 176 valence electrons. The number of carbonyl (C=O) groups is 4. The number of ketones is 1. The lowest BCUT2D eigenvalue weighted by molar-refractivity contribution is -0.123. The summed E-state index contributed by atoms with van der Waals surface area (Å²) in [5.74, 6) is -12.1. The number of hydrogen-bond donors (Lipinski definition) is 2. The molecule has 2 aromatic carbocycles. The van der Waals surface area contributed by atoms with Gasteiger partial charge in [0.1, 0.15) is 5.82 Å². The van der Waals surface area contributed by atoms with Crippen LogP contribution in [0.5, 0.6) is 5.75 Å². The van der Waals surface area contributed by atoms with Gasteiger partial charge in [0.15, 0.2) is 17.3 Å². The highest BCUT2D eigenvalue weighted by molar-refractivity contribution is 6.07. The third kappa shape index (κ3) is 5.54. The molecule has 11 heteroatoms. The Kier molecular flexibility index (Phi) is 7.26. The molecule has 7 nitrogen and oxygen atoms in total. The Bertz CT molecular complexity index is 1170. The molecule has 0 bridgehead atoms. The quantitative estimate of drug-likeness (QED) is 0.219. The van der Waals surface area contributed by atoms with E-state index in [1.165, 1.54) is 20.8 Å². The average molecular weight is 468 g/mol. The summed E-state index contributed by atoms with van der Waals surface area (Å²) in [6.45, 7) is 6.35. The Balaban J connectivity index is 2.57. The molecule has 0 atom stereocenters. The molecule has 2 aromatic rings. The highest BCUT2D eigenvalue weighted by atomic mass is 19.2. The van der Waals surface area contributed by atoms with Gasteiger partial charge in [-0.3, -0.25) is 14.4 Å². The van der Waals surface area contributed by atoms with Crippen LogP contribution in [0.2, 0.25) is 0 Å². The second-order valence-corrected chi connectivity index (χ2v) is 8.05. The molecule has 0 aliphatic heterocycles. The van der Waals surface area contributed by atoms with Gasteiger partial charge in [0.2, 0.25) is 23.4 Å². The molecule has 0 fully saturated rings. The number of benzene rings is 2. The van der Waals surface area contributed by atoms with Crippen molar-refractivity contribution >= 4 is 34.9 Å². The molecule has 0 saturated heterocycles. The molecule has 0 aliphatic carbocycles. The van der Waals surface area contributed by atoms with Crippen LogP contribution >= 0.6 is 0 Å². The van der Waals surface area contributed by atoms with Crippen LogP contribution in [0, 0.1) is 28.7 Å². The summed E-state index contributed by atoms with van der Waals surface area (Å²) in [4.78, 5) is 47.9. The Hall–Kier alpha value is -3.76. The van der Waals surface area contributed by atoms with E-state index >= 15 is 0 Å². The van der Waals surface area contributed by atoms with Gasteiger partial charge in [0.25, 0.3) is 0 Å². The highest BCUT2D eigenvalue weighted by Gasteiger charge is 2.33. The lowest BCUT2D eigenvalue weighted by Gasteiger charge is -2.21. The van der Waals surface area contributed by atoms with Crippen molar-refractivity contribution in [1.29, 1.82) is 0 Å². The van der Waals surface area contributed by atoms with Crippen LogP contribution in [-0.2, 0) is 9.59 Å². The molecule has 0 unspecified atom stereocenters. The normalized spacial score (nSPS) is 11.1. The summed E-state index contributed by atoms with van der Waals surface area (Å²) in [5, 5.41) is 4.19. The van der Waals surface area contributed by atoms with Crippen molar-refractivity contribution in [3.8, 4) is 5.75 Å². The van der Waals surface area contributed by atoms with E-state index in [0.29, 0.717) is 6.07 Å². The van der Waals surface area contributed by atoms with Gasteiger partial charge in [-0.05, 0) is 25.1 Å². The van der Waals surface area contributed by atoms with E-state index in [1.54, 1.807) is 0 Å². The number of Topliss-reactive ketones (excluding diaryl/α,β-unsaturated/α-hetero) is 1. The number of rotatable bonds is 5. The van der Waals surface area contributed by atoms with Crippen molar-refractivity contribution in [2.45, 2.75) is 34.6 Å². The first-order chi connectivity index (χ1) is 15.1. The average Bonchev–Trinajstić information content (AvgIpc) is 2.69. The number of ether oxygens (including phenoxy) is 1. The lowest BCUT2D eigenvalue weighted by atomic mass is 9.95. The van der Waals surface area contributed by atoms with Gasteiger partial charge in [0.05, 0.1) is 22.5 Å². The van der Waals surface area contributed by atoms with Crippen LogP contribution < -0.4 is 15.4 Å². The zero-order chi connectivity index (χ0) is 25.2. The predicted molar refractivity (Wildman–Crippen MR) is 110 cm³/mol. The summed E-state index contributed by atoms with van der Waals surface area (Å²) >= 11 is 0. The smallest absolute Gasteiger partial charge is 0.343 e. The van der Waals surface area contributed by atoms with Crippen LogP contribution in [-0.4, -0.2) is 23.6 Å². The number of anilines is 2. The van der Waals surface area contributed by atoms with Gasteiger partial charge in [0, 0.05) is 12.3 Å². The van der Waals surface area contributed by atoms with Gasteiger partial charge in [-0.2, -0.15) is 4.39 Å². The Labute approximate surface area is 186 Å². The summed E-state index contributed by atoms with van der Waals surface area (Å²) in [6, 6.07) is 2.70. The van der Waals surface area contributed by atoms with E-state index in [2.05, 4.69) is 5.32 Å². The molecule has 2 amide bonds. The number of halogens is 4. The number of nitrogens with one attached hydrogen (secondary N) is 2. The number of hydrogen-bond acceptors (Lipinski definition) is 5. The van der Waals surface area contributed by atoms with Crippen molar-refractivity contribution in [2.75, 3.05) is 10.6 Å². The van der Waals surface area contributed by atoms with Gasteiger partial charge in [-0.15, -0.1) is 0 Å². The Morgan fingerprint density at radius 1 is 0.879 bits per heavy atom. The van der Waals surface area contributed by atoms with Crippen LogP contribution in [0.1, 0.15) is 55.3 Å². The molecule has 0 aromatic heterocycles. The van der Waals surface area contributed by atoms with E-state index in [0.717, 1.165) is 26.0 Å². The van der Waals surface area contributed by atoms with Crippen LogP contribution in [0.4, 0.5) is 28.9 Å². The number of esters is 1. The predicted octanol–water partition coefficient (Wildman–Crippen LogP) is 4.61. The fourth-order valence-electron chi connectivity index (χ4n) is 2.57. The standard InChI is InChI=1S/C22H20F4N2O5/c1-9(29)14-18(28-21(32)22(3,4)5)16(25)15(24)17(26)19(14)33-20(31)11-6-7-13(12(23)8-11)27-10(2)30/h6-8H,1-5H3,(H,27,30)(H,28,32). The molecule has 0 aliphatic rings. The highest BCUT2D eigenvalue weighted by Crippen LogP contribution is 2.37. The maximum absolute atomic E-state index is 14.5. The minimum absolute atomic E-state index is 0.255. The number of carbonyl (C=O) groups excluding carboxylic acids is 4. The maximum atomic E-state index is 14.5. The van der Waals surface area contributed by atoms with Gasteiger partial charge >= 0.3 is 5.97 Å². The molecule has 0 radical (unpaired) electrons. The number of amides is 2.